The second-order valence-corrected chi connectivity index (χ2v) is 8.87. The summed E-state index contributed by atoms with van der Waals surface area (Å²) < 4.78 is 10.9. The molecule has 1 aliphatic heterocycles. The molecule has 7 heteroatoms. The fourth-order valence-electron chi connectivity index (χ4n) is 3.53. The standard InChI is InChI=1S/C23H38N4O3/c1-17-9-10-18(14-20(17)29-6)11-12-25-21(24-5)26-15-19-8-7-13-27(16-19)22(28)30-23(2,3)4/h9-10,14,19H,7-8,11-13,15-16H2,1-6H3,(H2,24,25,26). The monoisotopic (exact) mass is 418 g/mol. The molecule has 1 unspecified atom stereocenters. The van der Waals surface area contributed by atoms with Gasteiger partial charge in [-0.25, -0.2) is 4.79 Å². The maximum Gasteiger partial charge on any atom is 0.410 e. The van der Waals surface area contributed by atoms with Crippen LogP contribution in [0.4, 0.5) is 4.79 Å². The number of aryl methyl sites for hydroxylation is 1. The Hall–Kier alpha value is -2.44. The Morgan fingerprint density at radius 1 is 1.30 bits per heavy atom. The van der Waals surface area contributed by atoms with Crippen LogP contribution in [-0.2, 0) is 11.2 Å². The topological polar surface area (TPSA) is 75.2 Å². The molecule has 1 saturated heterocycles. The van der Waals surface area contributed by atoms with Gasteiger partial charge in [-0.05, 0) is 70.1 Å². The number of hydrogen-bond acceptors (Lipinski definition) is 4. The van der Waals surface area contributed by atoms with Gasteiger partial charge in [-0.1, -0.05) is 12.1 Å². The van der Waals surface area contributed by atoms with E-state index in [2.05, 4.69) is 33.8 Å². The zero-order chi connectivity index (χ0) is 22.1. The van der Waals surface area contributed by atoms with Crippen molar-refractivity contribution in [2.45, 2.75) is 52.6 Å². The Labute approximate surface area is 181 Å². The van der Waals surface area contributed by atoms with E-state index in [-0.39, 0.29) is 6.09 Å². The van der Waals surface area contributed by atoms with Crippen LogP contribution >= 0.6 is 0 Å². The van der Waals surface area contributed by atoms with Crippen molar-refractivity contribution < 1.29 is 14.3 Å². The third-order valence-corrected chi connectivity index (χ3v) is 5.13. The van der Waals surface area contributed by atoms with Crippen LogP contribution in [-0.4, -0.2) is 62.9 Å². The van der Waals surface area contributed by atoms with E-state index in [0.29, 0.717) is 12.5 Å². The molecular weight excluding hydrogens is 380 g/mol. The first-order valence-electron chi connectivity index (χ1n) is 10.8. The van der Waals surface area contributed by atoms with Crippen LogP contribution in [0.5, 0.6) is 5.75 Å². The molecule has 1 aromatic rings. The molecule has 0 aromatic heterocycles. The molecule has 168 valence electrons. The summed E-state index contributed by atoms with van der Waals surface area (Å²) in [7, 11) is 3.48. The number of benzene rings is 1. The number of amides is 1. The van der Waals surface area contributed by atoms with Crippen LogP contribution in [0.1, 0.15) is 44.7 Å². The minimum atomic E-state index is -0.463. The Morgan fingerprint density at radius 2 is 2.07 bits per heavy atom. The highest BCUT2D eigenvalue weighted by Gasteiger charge is 2.27. The summed E-state index contributed by atoms with van der Waals surface area (Å²) >= 11 is 0. The highest BCUT2D eigenvalue weighted by atomic mass is 16.6. The van der Waals surface area contributed by atoms with E-state index in [1.165, 1.54) is 5.56 Å². The van der Waals surface area contributed by atoms with Gasteiger partial charge in [-0.2, -0.15) is 0 Å². The third kappa shape index (κ3) is 7.76. The first kappa shape index (κ1) is 23.8. The van der Waals surface area contributed by atoms with Crippen molar-refractivity contribution in [3.63, 3.8) is 0 Å². The summed E-state index contributed by atoms with van der Waals surface area (Å²) in [4.78, 5) is 18.5. The molecule has 0 bridgehead atoms. The Morgan fingerprint density at radius 3 is 2.73 bits per heavy atom. The van der Waals surface area contributed by atoms with Gasteiger partial charge in [0.25, 0.3) is 0 Å². The van der Waals surface area contributed by atoms with Gasteiger partial charge in [0.15, 0.2) is 5.96 Å². The van der Waals surface area contributed by atoms with Crippen LogP contribution < -0.4 is 15.4 Å². The average molecular weight is 419 g/mol. The first-order chi connectivity index (χ1) is 14.2. The van der Waals surface area contributed by atoms with E-state index >= 15 is 0 Å². The predicted molar refractivity (Wildman–Crippen MR) is 121 cm³/mol. The summed E-state index contributed by atoms with van der Waals surface area (Å²) in [5, 5.41) is 6.77. The molecule has 30 heavy (non-hydrogen) atoms. The third-order valence-electron chi connectivity index (χ3n) is 5.13. The number of guanidine groups is 1. The number of aliphatic imine (C=N–C) groups is 1. The summed E-state index contributed by atoms with van der Waals surface area (Å²) in [6.45, 7) is 10.8. The quantitative estimate of drug-likeness (QED) is 0.547. The van der Waals surface area contributed by atoms with E-state index in [9.17, 15) is 4.79 Å². The molecule has 7 nitrogen and oxygen atoms in total. The van der Waals surface area contributed by atoms with Gasteiger partial charge in [-0.3, -0.25) is 4.99 Å². The van der Waals surface area contributed by atoms with Crippen molar-refractivity contribution in [2.24, 2.45) is 10.9 Å². The highest BCUT2D eigenvalue weighted by Crippen LogP contribution is 2.20. The van der Waals surface area contributed by atoms with Gasteiger partial charge in [-0.15, -0.1) is 0 Å². The number of nitrogens with zero attached hydrogens (tertiary/aromatic N) is 2. The van der Waals surface area contributed by atoms with E-state index < -0.39 is 5.60 Å². The second kappa shape index (κ2) is 11.1. The van der Waals surface area contributed by atoms with Gasteiger partial charge < -0.3 is 25.0 Å². The zero-order valence-electron chi connectivity index (χ0n) is 19.4. The molecule has 1 atom stereocenters. The number of rotatable bonds is 6. The first-order valence-corrected chi connectivity index (χ1v) is 10.8. The van der Waals surface area contributed by atoms with Crippen molar-refractivity contribution in [3.05, 3.63) is 29.3 Å². The normalized spacial score (nSPS) is 17.5. The summed E-state index contributed by atoms with van der Waals surface area (Å²) in [6.07, 6.45) is 2.75. The van der Waals surface area contributed by atoms with Crippen LogP contribution in [0.3, 0.4) is 0 Å². The Kier molecular flexibility index (Phi) is 8.81. The molecule has 1 aromatic carbocycles. The lowest BCUT2D eigenvalue weighted by molar-refractivity contribution is 0.0168. The maximum atomic E-state index is 12.3. The lowest BCUT2D eigenvalue weighted by Gasteiger charge is -2.34. The van der Waals surface area contributed by atoms with Crippen molar-refractivity contribution >= 4 is 12.1 Å². The molecule has 1 heterocycles. The molecule has 2 rings (SSSR count). The number of ether oxygens (including phenoxy) is 2. The fraction of sp³-hybridized carbons (Fsp3) is 0.652. The number of nitrogens with one attached hydrogen (secondary N) is 2. The Bertz CT molecular complexity index is 728. The molecule has 0 saturated carbocycles. The summed E-state index contributed by atoms with van der Waals surface area (Å²) in [5.41, 5.74) is 1.90. The van der Waals surface area contributed by atoms with Gasteiger partial charge in [0, 0.05) is 33.2 Å². The minimum Gasteiger partial charge on any atom is -0.496 e. The van der Waals surface area contributed by atoms with Gasteiger partial charge >= 0.3 is 6.09 Å². The number of likely N-dealkylation sites (tertiary alicyclic amines) is 1. The number of carbonyl (C=O) groups is 1. The van der Waals surface area contributed by atoms with E-state index in [1.54, 1.807) is 14.2 Å². The molecule has 1 aliphatic rings. The summed E-state index contributed by atoms with van der Waals surface area (Å²) in [6, 6.07) is 6.30. The predicted octanol–water partition coefficient (Wildman–Crippen LogP) is 3.36. The molecule has 1 amide bonds. The molecular formula is C23H38N4O3. The molecule has 1 fully saturated rings. The lowest BCUT2D eigenvalue weighted by atomic mass is 9.98. The maximum absolute atomic E-state index is 12.3. The number of piperidine rings is 1. The van der Waals surface area contributed by atoms with E-state index in [0.717, 1.165) is 56.2 Å². The van der Waals surface area contributed by atoms with Crippen molar-refractivity contribution in [2.75, 3.05) is 40.3 Å². The second-order valence-electron chi connectivity index (χ2n) is 8.87. The molecule has 0 aliphatic carbocycles. The van der Waals surface area contributed by atoms with Crippen LogP contribution in [0.2, 0.25) is 0 Å². The van der Waals surface area contributed by atoms with Crippen molar-refractivity contribution in [3.8, 4) is 5.75 Å². The fourth-order valence-corrected chi connectivity index (χ4v) is 3.53. The lowest BCUT2D eigenvalue weighted by Crippen LogP contribution is -2.47. The largest absolute Gasteiger partial charge is 0.496 e. The van der Waals surface area contributed by atoms with Gasteiger partial charge in [0.2, 0.25) is 0 Å². The van der Waals surface area contributed by atoms with Crippen LogP contribution in [0, 0.1) is 12.8 Å². The van der Waals surface area contributed by atoms with Crippen LogP contribution in [0.15, 0.2) is 23.2 Å². The summed E-state index contributed by atoms with van der Waals surface area (Å²) in [5.74, 6) is 2.08. The average Bonchev–Trinajstić information content (AvgIpc) is 2.70. The zero-order valence-corrected chi connectivity index (χ0v) is 19.4. The number of carbonyl (C=O) groups excluding carboxylic acids is 1. The van der Waals surface area contributed by atoms with E-state index in [1.807, 2.05) is 32.6 Å². The smallest absolute Gasteiger partial charge is 0.410 e. The Balaban J connectivity index is 1.76. The molecule has 0 radical (unpaired) electrons. The van der Waals surface area contributed by atoms with E-state index in [4.69, 9.17) is 9.47 Å². The molecule has 2 N–H and O–H groups in total. The highest BCUT2D eigenvalue weighted by molar-refractivity contribution is 5.79. The van der Waals surface area contributed by atoms with Gasteiger partial charge in [0.1, 0.15) is 11.4 Å². The SMILES string of the molecule is CN=C(NCCc1ccc(C)c(OC)c1)NCC1CCCN(C(=O)OC(C)(C)C)C1. The van der Waals surface area contributed by atoms with Crippen LogP contribution in [0.25, 0.3) is 0 Å². The minimum absolute atomic E-state index is 0.219. The number of methoxy groups -OCH3 is 1. The number of hydrogen-bond donors (Lipinski definition) is 2. The van der Waals surface area contributed by atoms with Crippen molar-refractivity contribution in [1.29, 1.82) is 0 Å². The van der Waals surface area contributed by atoms with Crippen molar-refractivity contribution in [1.82, 2.24) is 15.5 Å². The van der Waals surface area contributed by atoms with Gasteiger partial charge in [0.05, 0.1) is 7.11 Å². The molecule has 0 spiro atoms.